The van der Waals surface area contributed by atoms with Gasteiger partial charge in [-0.25, -0.2) is 0 Å². The minimum Gasteiger partial charge on any atom is -0.387 e. The Labute approximate surface area is 93.7 Å². The minimum absolute atomic E-state index is 0.491. The molecule has 3 heteroatoms. The summed E-state index contributed by atoms with van der Waals surface area (Å²) in [7, 11) is 0. The fraction of sp³-hybridized carbons (Fsp3) is 0.167. The van der Waals surface area contributed by atoms with Crippen LogP contribution in [0.2, 0.25) is 5.02 Å². The van der Waals surface area contributed by atoms with Gasteiger partial charge in [-0.2, -0.15) is 0 Å². The fourth-order valence-electron chi connectivity index (χ4n) is 1.48. The van der Waals surface area contributed by atoms with E-state index in [-0.39, 0.29) is 0 Å². The molecule has 2 aromatic rings. The summed E-state index contributed by atoms with van der Waals surface area (Å²) < 4.78 is 1.94. The summed E-state index contributed by atoms with van der Waals surface area (Å²) >= 11 is 5.77. The van der Waals surface area contributed by atoms with Gasteiger partial charge in [0.05, 0.1) is 12.6 Å². The molecule has 2 rings (SSSR count). The number of aliphatic hydroxyl groups is 1. The van der Waals surface area contributed by atoms with Gasteiger partial charge >= 0.3 is 0 Å². The Kier molecular flexibility index (Phi) is 3.09. The van der Waals surface area contributed by atoms with Gasteiger partial charge in [-0.3, -0.25) is 0 Å². The zero-order chi connectivity index (χ0) is 10.7. The van der Waals surface area contributed by atoms with Gasteiger partial charge in [-0.05, 0) is 29.8 Å². The van der Waals surface area contributed by atoms with E-state index in [1.54, 1.807) is 12.1 Å². The molecule has 0 aliphatic rings. The quantitative estimate of drug-likeness (QED) is 0.847. The van der Waals surface area contributed by atoms with Crippen molar-refractivity contribution >= 4 is 11.6 Å². The highest BCUT2D eigenvalue weighted by atomic mass is 35.5. The maximum absolute atomic E-state index is 9.92. The average Bonchev–Trinajstić information content (AvgIpc) is 2.71. The molecule has 0 radical (unpaired) electrons. The summed E-state index contributed by atoms with van der Waals surface area (Å²) in [6, 6.07) is 11.1. The van der Waals surface area contributed by atoms with Gasteiger partial charge in [0.25, 0.3) is 0 Å². The molecular weight excluding hydrogens is 210 g/mol. The Hall–Kier alpha value is -1.25. The van der Waals surface area contributed by atoms with Crippen LogP contribution in [0.3, 0.4) is 0 Å². The van der Waals surface area contributed by atoms with Crippen molar-refractivity contribution in [2.24, 2.45) is 0 Å². The summed E-state index contributed by atoms with van der Waals surface area (Å²) in [6.07, 6.45) is 3.37. The van der Waals surface area contributed by atoms with Crippen molar-refractivity contribution in [2.45, 2.75) is 12.6 Å². The van der Waals surface area contributed by atoms with Crippen LogP contribution in [0, 0.1) is 0 Å². The van der Waals surface area contributed by atoms with E-state index < -0.39 is 6.10 Å². The third kappa shape index (κ3) is 2.61. The lowest BCUT2D eigenvalue weighted by Crippen LogP contribution is -2.06. The molecule has 78 valence electrons. The largest absolute Gasteiger partial charge is 0.387 e. The standard InChI is InChI=1S/C12H12ClNO/c13-11-5-3-10(4-6-11)12(15)9-14-7-1-2-8-14/h1-8,12,15H,9H2/t12-/m0/s1. The molecule has 15 heavy (non-hydrogen) atoms. The summed E-state index contributed by atoms with van der Waals surface area (Å²) in [4.78, 5) is 0. The molecule has 0 saturated carbocycles. The van der Waals surface area contributed by atoms with E-state index in [4.69, 9.17) is 11.6 Å². The molecule has 0 spiro atoms. The number of halogens is 1. The van der Waals surface area contributed by atoms with Crippen LogP contribution in [0.1, 0.15) is 11.7 Å². The number of hydrogen-bond donors (Lipinski definition) is 1. The van der Waals surface area contributed by atoms with Crippen LogP contribution >= 0.6 is 11.6 Å². The molecule has 1 aromatic carbocycles. The maximum Gasteiger partial charge on any atom is 0.0968 e. The molecule has 2 nitrogen and oxygen atoms in total. The third-order valence-corrected chi connectivity index (χ3v) is 2.56. The zero-order valence-corrected chi connectivity index (χ0v) is 8.93. The Bertz CT molecular complexity index is 408. The summed E-state index contributed by atoms with van der Waals surface area (Å²) in [5.74, 6) is 0. The highest BCUT2D eigenvalue weighted by Gasteiger charge is 2.07. The van der Waals surface area contributed by atoms with Gasteiger partial charge in [0.15, 0.2) is 0 Å². The minimum atomic E-state index is -0.491. The second kappa shape index (κ2) is 4.51. The number of aromatic nitrogens is 1. The summed E-state index contributed by atoms with van der Waals surface area (Å²) in [5, 5.41) is 10.6. The molecule has 0 aliphatic heterocycles. The number of benzene rings is 1. The van der Waals surface area contributed by atoms with Gasteiger partial charge in [0.2, 0.25) is 0 Å². The molecule has 0 bridgehead atoms. The van der Waals surface area contributed by atoms with E-state index in [9.17, 15) is 5.11 Å². The molecule has 0 amide bonds. The average molecular weight is 222 g/mol. The fourth-order valence-corrected chi connectivity index (χ4v) is 1.61. The number of rotatable bonds is 3. The van der Waals surface area contributed by atoms with Crippen LogP contribution in [-0.2, 0) is 6.54 Å². The lowest BCUT2D eigenvalue weighted by molar-refractivity contribution is 0.156. The van der Waals surface area contributed by atoms with Crippen molar-refractivity contribution in [3.8, 4) is 0 Å². The molecule has 1 atom stereocenters. The lowest BCUT2D eigenvalue weighted by atomic mass is 10.1. The molecule has 0 saturated heterocycles. The molecule has 1 heterocycles. The first-order valence-electron chi connectivity index (χ1n) is 4.80. The predicted molar refractivity (Wildman–Crippen MR) is 60.8 cm³/mol. The normalized spacial score (nSPS) is 12.7. The first-order valence-corrected chi connectivity index (χ1v) is 5.18. The Morgan fingerprint density at radius 2 is 1.73 bits per heavy atom. The van der Waals surface area contributed by atoms with Crippen molar-refractivity contribution in [1.29, 1.82) is 0 Å². The van der Waals surface area contributed by atoms with Crippen LogP contribution < -0.4 is 0 Å². The van der Waals surface area contributed by atoms with Crippen LogP contribution in [0.4, 0.5) is 0 Å². The van der Waals surface area contributed by atoms with E-state index in [0.717, 1.165) is 5.56 Å². The van der Waals surface area contributed by atoms with Gasteiger partial charge < -0.3 is 9.67 Å². The summed E-state index contributed by atoms with van der Waals surface area (Å²) in [6.45, 7) is 0.564. The van der Waals surface area contributed by atoms with E-state index in [2.05, 4.69) is 0 Å². The Morgan fingerprint density at radius 1 is 1.13 bits per heavy atom. The van der Waals surface area contributed by atoms with Gasteiger partial charge in [-0.15, -0.1) is 0 Å². The first kappa shape index (κ1) is 10.3. The Morgan fingerprint density at radius 3 is 2.33 bits per heavy atom. The topological polar surface area (TPSA) is 25.2 Å². The molecule has 1 aromatic heterocycles. The third-order valence-electron chi connectivity index (χ3n) is 2.30. The number of nitrogens with zero attached hydrogens (tertiary/aromatic N) is 1. The van der Waals surface area contributed by atoms with Crippen LogP contribution in [0.5, 0.6) is 0 Å². The SMILES string of the molecule is O[C@@H](Cn1cccc1)c1ccc(Cl)cc1. The highest BCUT2D eigenvalue weighted by Crippen LogP contribution is 2.17. The molecule has 0 unspecified atom stereocenters. The van der Waals surface area contributed by atoms with Crippen molar-refractivity contribution in [1.82, 2.24) is 4.57 Å². The maximum atomic E-state index is 9.92. The zero-order valence-electron chi connectivity index (χ0n) is 8.18. The molecule has 0 fully saturated rings. The Balaban J connectivity index is 2.08. The van der Waals surface area contributed by atoms with Gasteiger partial charge in [0.1, 0.15) is 0 Å². The second-order valence-electron chi connectivity index (χ2n) is 3.45. The van der Waals surface area contributed by atoms with Crippen LogP contribution in [-0.4, -0.2) is 9.67 Å². The van der Waals surface area contributed by atoms with Crippen molar-refractivity contribution in [3.63, 3.8) is 0 Å². The number of aliphatic hydroxyl groups excluding tert-OH is 1. The van der Waals surface area contributed by atoms with Gasteiger partial charge in [0, 0.05) is 17.4 Å². The van der Waals surface area contributed by atoms with E-state index in [1.165, 1.54) is 0 Å². The predicted octanol–water partition coefficient (Wildman–Crippen LogP) is 2.88. The molecule has 1 N–H and O–H groups in total. The van der Waals surface area contributed by atoms with Crippen LogP contribution in [0.15, 0.2) is 48.8 Å². The van der Waals surface area contributed by atoms with Crippen molar-refractivity contribution in [2.75, 3.05) is 0 Å². The van der Waals surface area contributed by atoms with E-state index in [1.807, 2.05) is 41.2 Å². The van der Waals surface area contributed by atoms with Crippen molar-refractivity contribution in [3.05, 3.63) is 59.4 Å². The van der Waals surface area contributed by atoms with E-state index in [0.29, 0.717) is 11.6 Å². The monoisotopic (exact) mass is 221 g/mol. The van der Waals surface area contributed by atoms with E-state index >= 15 is 0 Å². The van der Waals surface area contributed by atoms with Crippen molar-refractivity contribution < 1.29 is 5.11 Å². The highest BCUT2D eigenvalue weighted by molar-refractivity contribution is 6.30. The lowest BCUT2D eigenvalue weighted by Gasteiger charge is -2.11. The smallest absolute Gasteiger partial charge is 0.0968 e. The molecule has 0 aliphatic carbocycles. The molecular formula is C12H12ClNO. The number of hydrogen-bond acceptors (Lipinski definition) is 1. The van der Waals surface area contributed by atoms with Gasteiger partial charge in [-0.1, -0.05) is 23.7 Å². The summed E-state index contributed by atoms with van der Waals surface area (Å²) in [5.41, 5.74) is 0.883. The second-order valence-corrected chi connectivity index (χ2v) is 3.88. The van der Waals surface area contributed by atoms with Crippen LogP contribution in [0.25, 0.3) is 0 Å². The first-order chi connectivity index (χ1) is 7.25.